The van der Waals surface area contributed by atoms with Gasteiger partial charge in [0.05, 0.1) is 7.11 Å². The molecule has 150 valence electrons. The highest BCUT2D eigenvalue weighted by atomic mass is 16.5. The van der Waals surface area contributed by atoms with Crippen LogP contribution in [-0.4, -0.2) is 13.1 Å². The van der Waals surface area contributed by atoms with Crippen molar-refractivity contribution in [3.63, 3.8) is 0 Å². The number of fused-ring (bicyclic) bond motifs is 3. The van der Waals surface area contributed by atoms with Crippen molar-refractivity contribution in [2.24, 2.45) is 0 Å². The maximum Gasteiger partial charge on any atom is 0.305 e. The number of benzene rings is 2. The fraction of sp³-hybridized carbons (Fsp3) is 0.500. The first kappa shape index (κ1) is 20.6. The minimum Gasteiger partial charge on any atom is -0.469 e. The van der Waals surface area contributed by atoms with Crippen LogP contribution >= 0.6 is 0 Å². The third kappa shape index (κ3) is 4.01. The largest absolute Gasteiger partial charge is 0.469 e. The first-order chi connectivity index (χ1) is 13.7. The van der Waals surface area contributed by atoms with Crippen molar-refractivity contribution >= 4 is 5.97 Å². The molecule has 2 heteroatoms. The number of carbonyl (C=O) groups is 1. The molecule has 0 spiro atoms. The van der Waals surface area contributed by atoms with E-state index in [1.54, 1.807) is 0 Å². The molecule has 1 aliphatic carbocycles. The zero-order valence-electron chi connectivity index (χ0n) is 17.7. The summed E-state index contributed by atoms with van der Waals surface area (Å²) in [4.78, 5) is 11.4. The minimum absolute atomic E-state index is 0.121. The predicted octanol–water partition coefficient (Wildman–Crippen LogP) is 6.83. The minimum atomic E-state index is -0.121. The predicted molar refractivity (Wildman–Crippen MR) is 117 cm³/mol. The van der Waals surface area contributed by atoms with Gasteiger partial charge in [-0.2, -0.15) is 0 Å². The van der Waals surface area contributed by atoms with Gasteiger partial charge in [0.15, 0.2) is 0 Å². The van der Waals surface area contributed by atoms with Gasteiger partial charge in [0, 0.05) is 11.8 Å². The molecule has 28 heavy (non-hydrogen) atoms. The molecule has 1 aliphatic rings. The Morgan fingerprint density at radius 1 is 0.893 bits per heavy atom. The fourth-order valence-electron chi connectivity index (χ4n) is 4.83. The molecule has 0 radical (unpaired) electrons. The molecular formula is C26H34O2. The van der Waals surface area contributed by atoms with Gasteiger partial charge in [-0.1, -0.05) is 82.0 Å². The summed E-state index contributed by atoms with van der Waals surface area (Å²) in [6, 6.07) is 16.1. The smallest absolute Gasteiger partial charge is 0.305 e. The summed E-state index contributed by atoms with van der Waals surface area (Å²) in [5, 5.41) is 0. The maximum absolute atomic E-state index is 11.4. The average Bonchev–Trinajstić information content (AvgIpc) is 3.00. The number of hydrogen-bond acceptors (Lipinski definition) is 2. The lowest BCUT2D eigenvalue weighted by Gasteiger charge is -2.32. The SMILES string of the molecule is CCCCC1(CCCC)c2ccccc2-c2cc(CCCC(=O)OC)ccc21. The zero-order valence-corrected chi connectivity index (χ0v) is 17.7. The Hall–Kier alpha value is -2.09. The molecule has 0 N–H and O–H groups in total. The van der Waals surface area contributed by atoms with Gasteiger partial charge in [-0.15, -0.1) is 0 Å². The highest BCUT2D eigenvalue weighted by Gasteiger charge is 2.41. The number of hydrogen-bond donors (Lipinski definition) is 0. The Balaban J connectivity index is 1.96. The van der Waals surface area contributed by atoms with Gasteiger partial charge in [-0.25, -0.2) is 0 Å². The molecule has 0 amide bonds. The Morgan fingerprint density at radius 2 is 1.57 bits per heavy atom. The lowest BCUT2D eigenvalue weighted by Crippen LogP contribution is -2.25. The van der Waals surface area contributed by atoms with Crippen molar-refractivity contribution in [3.05, 3.63) is 59.2 Å². The molecule has 0 unspecified atom stereocenters. The van der Waals surface area contributed by atoms with Crippen LogP contribution in [0.1, 0.15) is 81.9 Å². The normalized spacial score (nSPS) is 13.8. The number of ether oxygens (including phenoxy) is 1. The molecule has 0 saturated heterocycles. The van der Waals surface area contributed by atoms with Crippen LogP contribution in [0.2, 0.25) is 0 Å². The number of carbonyl (C=O) groups excluding carboxylic acids is 1. The molecule has 3 rings (SSSR count). The average molecular weight is 379 g/mol. The van der Waals surface area contributed by atoms with E-state index in [9.17, 15) is 4.79 Å². The van der Waals surface area contributed by atoms with Gasteiger partial charge in [-0.05, 0) is 53.5 Å². The van der Waals surface area contributed by atoms with E-state index in [1.165, 1.54) is 73.5 Å². The second kappa shape index (κ2) is 9.41. The van der Waals surface area contributed by atoms with Crippen molar-refractivity contribution in [1.82, 2.24) is 0 Å². The van der Waals surface area contributed by atoms with E-state index in [4.69, 9.17) is 4.74 Å². The molecule has 0 aromatic heterocycles. The van der Waals surface area contributed by atoms with Crippen LogP contribution in [0.4, 0.5) is 0 Å². The molecule has 2 nitrogen and oxygen atoms in total. The van der Waals surface area contributed by atoms with Crippen LogP contribution in [0, 0.1) is 0 Å². The Kier molecular flexibility index (Phi) is 6.93. The quantitative estimate of drug-likeness (QED) is 0.424. The van der Waals surface area contributed by atoms with Crippen LogP contribution in [0.25, 0.3) is 11.1 Å². The summed E-state index contributed by atoms with van der Waals surface area (Å²) in [6.07, 6.45) is 9.70. The van der Waals surface area contributed by atoms with E-state index in [-0.39, 0.29) is 11.4 Å². The van der Waals surface area contributed by atoms with E-state index in [2.05, 4.69) is 56.3 Å². The third-order valence-electron chi connectivity index (χ3n) is 6.32. The molecule has 2 aromatic rings. The molecule has 0 bridgehead atoms. The molecule has 0 atom stereocenters. The molecule has 0 aliphatic heterocycles. The van der Waals surface area contributed by atoms with Gasteiger partial charge >= 0.3 is 5.97 Å². The van der Waals surface area contributed by atoms with Crippen LogP contribution in [0.3, 0.4) is 0 Å². The second-order valence-electron chi connectivity index (χ2n) is 8.14. The Labute approximate surface area is 170 Å². The molecule has 0 saturated carbocycles. The van der Waals surface area contributed by atoms with Crippen LogP contribution in [0.15, 0.2) is 42.5 Å². The van der Waals surface area contributed by atoms with E-state index < -0.39 is 0 Å². The third-order valence-corrected chi connectivity index (χ3v) is 6.32. The van der Waals surface area contributed by atoms with Gasteiger partial charge in [0.25, 0.3) is 0 Å². The van der Waals surface area contributed by atoms with Crippen LogP contribution in [-0.2, 0) is 21.4 Å². The monoisotopic (exact) mass is 378 g/mol. The maximum atomic E-state index is 11.4. The summed E-state index contributed by atoms with van der Waals surface area (Å²) >= 11 is 0. The number of aryl methyl sites for hydroxylation is 1. The number of esters is 1. The van der Waals surface area contributed by atoms with Crippen molar-refractivity contribution < 1.29 is 9.53 Å². The topological polar surface area (TPSA) is 26.3 Å². The summed E-state index contributed by atoms with van der Waals surface area (Å²) < 4.78 is 4.77. The fourth-order valence-corrected chi connectivity index (χ4v) is 4.83. The first-order valence-corrected chi connectivity index (χ1v) is 11.0. The van der Waals surface area contributed by atoms with Gasteiger partial charge in [0.1, 0.15) is 0 Å². The molecule has 0 fully saturated rings. The Morgan fingerprint density at radius 3 is 2.25 bits per heavy atom. The summed E-state index contributed by atoms with van der Waals surface area (Å²) in [5.74, 6) is -0.121. The van der Waals surface area contributed by atoms with Crippen molar-refractivity contribution in [2.75, 3.05) is 7.11 Å². The number of unbranched alkanes of at least 4 members (excludes halogenated alkanes) is 2. The lowest BCUT2D eigenvalue weighted by atomic mass is 9.71. The summed E-state index contributed by atoms with van der Waals surface area (Å²) in [6.45, 7) is 4.58. The zero-order chi connectivity index (χ0) is 20.0. The molecule has 0 heterocycles. The summed E-state index contributed by atoms with van der Waals surface area (Å²) in [5.41, 5.74) is 7.37. The van der Waals surface area contributed by atoms with Gasteiger partial charge < -0.3 is 4.74 Å². The second-order valence-corrected chi connectivity index (χ2v) is 8.14. The lowest BCUT2D eigenvalue weighted by molar-refractivity contribution is -0.140. The highest BCUT2D eigenvalue weighted by Crippen LogP contribution is 2.54. The number of rotatable bonds is 10. The van der Waals surface area contributed by atoms with E-state index in [1.807, 2.05) is 0 Å². The molecule has 2 aromatic carbocycles. The van der Waals surface area contributed by atoms with Gasteiger partial charge in [-0.3, -0.25) is 4.79 Å². The van der Waals surface area contributed by atoms with Gasteiger partial charge in [0.2, 0.25) is 0 Å². The van der Waals surface area contributed by atoms with Crippen LogP contribution < -0.4 is 0 Å². The summed E-state index contributed by atoms with van der Waals surface area (Å²) in [7, 11) is 1.46. The number of methoxy groups -OCH3 is 1. The van der Waals surface area contributed by atoms with E-state index >= 15 is 0 Å². The highest BCUT2D eigenvalue weighted by molar-refractivity contribution is 5.81. The van der Waals surface area contributed by atoms with Crippen molar-refractivity contribution in [1.29, 1.82) is 0 Å². The molecular weight excluding hydrogens is 344 g/mol. The first-order valence-electron chi connectivity index (χ1n) is 11.0. The van der Waals surface area contributed by atoms with E-state index in [0.717, 1.165) is 12.8 Å². The van der Waals surface area contributed by atoms with Crippen molar-refractivity contribution in [3.8, 4) is 11.1 Å². The van der Waals surface area contributed by atoms with Crippen LogP contribution in [0.5, 0.6) is 0 Å². The van der Waals surface area contributed by atoms with E-state index in [0.29, 0.717) is 6.42 Å². The standard InChI is InChI=1S/C26H34O2/c1-4-6-17-26(18-7-5-2)23-13-9-8-12-21(23)22-19-20(15-16-24(22)26)11-10-14-25(27)28-3/h8-9,12-13,15-16,19H,4-7,10-11,14,17-18H2,1-3H3. The van der Waals surface area contributed by atoms with Crippen molar-refractivity contribution in [2.45, 2.75) is 77.0 Å². The Bertz CT molecular complexity index is 798.